The Morgan fingerprint density at radius 2 is 0.627 bits per heavy atom. The van der Waals surface area contributed by atoms with Gasteiger partial charge in [-0.1, -0.05) is 194 Å². The van der Waals surface area contributed by atoms with Crippen LogP contribution in [-0.4, -0.2) is 0 Å². The lowest BCUT2D eigenvalue weighted by atomic mass is 9.81. The minimum absolute atomic E-state index is 1.09. The van der Waals surface area contributed by atoms with Crippen LogP contribution in [0.2, 0.25) is 0 Å². The molecule has 1 aliphatic rings. The molecule has 1 nitrogen and oxygen atoms in total. The molecule has 1 heteroatoms. The molecule has 0 saturated heterocycles. The highest BCUT2D eigenvalue weighted by Crippen LogP contribution is 2.50. The number of anilines is 3. The van der Waals surface area contributed by atoms with Crippen LogP contribution in [0.3, 0.4) is 0 Å². The first-order chi connectivity index (χ1) is 29.3. The maximum Gasteiger partial charge on any atom is 0.0540 e. The molecule has 59 heavy (non-hydrogen) atoms. The molecule has 0 N–H and O–H groups in total. The summed E-state index contributed by atoms with van der Waals surface area (Å²) < 4.78 is 0. The van der Waals surface area contributed by atoms with E-state index in [2.05, 4.69) is 241 Å². The van der Waals surface area contributed by atoms with E-state index in [-0.39, 0.29) is 0 Å². The van der Waals surface area contributed by atoms with E-state index in [4.69, 9.17) is 0 Å². The molecule has 0 fully saturated rings. The van der Waals surface area contributed by atoms with Crippen LogP contribution in [-0.2, 0) is 0 Å². The van der Waals surface area contributed by atoms with E-state index in [1.165, 1.54) is 83.1 Å². The standard InChI is InChI=1S/C58H39N/c1-3-15-40(16-4-1)46-31-36-58(56(38-46)43-18-5-2-6-19-43)59(47-32-29-42(30-33-47)45-28-27-41-17-7-8-20-44(41)37-45)48-34-35-55-53-25-12-11-23-51(53)49-21-9-10-22-50(49)52-24-13-14-26-54(52)57(55)39-48/h1-39H. The van der Waals surface area contributed by atoms with Crippen molar-refractivity contribution in [2.75, 3.05) is 4.90 Å². The quantitative estimate of drug-likeness (QED) is 0.164. The lowest BCUT2D eigenvalue weighted by Crippen LogP contribution is -2.12. The zero-order chi connectivity index (χ0) is 39.1. The fourth-order valence-corrected chi connectivity index (χ4v) is 8.98. The van der Waals surface area contributed by atoms with E-state index in [9.17, 15) is 0 Å². The largest absolute Gasteiger partial charge is 0.310 e. The van der Waals surface area contributed by atoms with Crippen LogP contribution in [0.25, 0.3) is 88.7 Å². The Hall–Kier alpha value is -7.74. The first-order valence-electron chi connectivity index (χ1n) is 20.3. The van der Waals surface area contributed by atoms with Crippen LogP contribution in [0.4, 0.5) is 17.1 Å². The molecule has 10 aromatic rings. The van der Waals surface area contributed by atoms with Crippen LogP contribution in [0, 0.1) is 0 Å². The highest BCUT2D eigenvalue weighted by molar-refractivity contribution is 6.04. The van der Waals surface area contributed by atoms with Crippen molar-refractivity contribution in [3.05, 3.63) is 237 Å². The Balaban J connectivity index is 1.14. The fraction of sp³-hybridized carbons (Fsp3) is 0. The van der Waals surface area contributed by atoms with Gasteiger partial charge in [-0.15, -0.1) is 0 Å². The Kier molecular flexibility index (Phi) is 8.56. The summed E-state index contributed by atoms with van der Waals surface area (Å²) in [6, 6.07) is 86.5. The zero-order valence-electron chi connectivity index (χ0n) is 32.5. The number of benzene rings is 10. The molecule has 0 amide bonds. The van der Waals surface area contributed by atoms with Crippen molar-refractivity contribution >= 4 is 27.8 Å². The molecule has 276 valence electrons. The van der Waals surface area contributed by atoms with Crippen molar-refractivity contribution in [1.29, 1.82) is 0 Å². The SMILES string of the molecule is c1ccc(-c2ccc(N(c3ccc(-c4ccc5ccccc5c4)cc3)c3ccc4c(c3)-c3ccccc3-c3ccccc3-c3ccccc3-4)c(-c3ccccc3)c2)cc1. The average Bonchev–Trinajstić information content (AvgIpc) is 3.32. The summed E-state index contributed by atoms with van der Waals surface area (Å²) in [7, 11) is 0. The minimum Gasteiger partial charge on any atom is -0.310 e. The number of fused-ring (bicyclic) bond motifs is 9. The summed E-state index contributed by atoms with van der Waals surface area (Å²) in [6.45, 7) is 0. The van der Waals surface area contributed by atoms with Crippen molar-refractivity contribution in [2.24, 2.45) is 0 Å². The number of hydrogen-bond acceptors (Lipinski definition) is 1. The fourth-order valence-electron chi connectivity index (χ4n) is 8.98. The first kappa shape index (κ1) is 34.5. The molecular formula is C58H39N. The van der Waals surface area contributed by atoms with Gasteiger partial charge in [-0.2, -0.15) is 0 Å². The van der Waals surface area contributed by atoms with E-state index in [1.54, 1.807) is 0 Å². The van der Waals surface area contributed by atoms with Crippen LogP contribution in [0.15, 0.2) is 237 Å². The van der Waals surface area contributed by atoms with Crippen molar-refractivity contribution in [1.82, 2.24) is 0 Å². The molecule has 0 spiro atoms. The second-order valence-corrected chi connectivity index (χ2v) is 15.3. The molecule has 0 atom stereocenters. The Labute approximate surface area is 345 Å². The molecule has 0 unspecified atom stereocenters. The maximum absolute atomic E-state index is 2.45. The molecular weight excluding hydrogens is 711 g/mol. The molecule has 0 aliphatic heterocycles. The maximum atomic E-state index is 2.45. The van der Waals surface area contributed by atoms with Gasteiger partial charge in [0, 0.05) is 16.9 Å². The topological polar surface area (TPSA) is 3.24 Å². The average molecular weight is 750 g/mol. The van der Waals surface area contributed by atoms with Gasteiger partial charge in [-0.05, 0) is 126 Å². The smallest absolute Gasteiger partial charge is 0.0540 e. The van der Waals surface area contributed by atoms with Gasteiger partial charge in [-0.25, -0.2) is 0 Å². The first-order valence-corrected chi connectivity index (χ1v) is 20.3. The molecule has 0 bridgehead atoms. The van der Waals surface area contributed by atoms with E-state index < -0.39 is 0 Å². The van der Waals surface area contributed by atoms with Crippen molar-refractivity contribution in [3.63, 3.8) is 0 Å². The van der Waals surface area contributed by atoms with E-state index in [1.807, 2.05) is 0 Å². The van der Waals surface area contributed by atoms with E-state index in [0.717, 1.165) is 22.6 Å². The van der Waals surface area contributed by atoms with Gasteiger partial charge in [0.05, 0.1) is 5.69 Å². The normalized spacial score (nSPS) is 11.4. The third kappa shape index (κ3) is 6.21. The Bertz CT molecular complexity index is 3140. The number of rotatable bonds is 6. The van der Waals surface area contributed by atoms with Crippen molar-refractivity contribution < 1.29 is 0 Å². The Morgan fingerprint density at radius 3 is 1.24 bits per heavy atom. The Morgan fingerprint density at radius 1 is 0.203 bits per heavy atom. The molecule has 1 aliphatic carbocycles. The van der Waals surface area contributed by atoms with Gasteiger partial charge in [0.25, 0.3) is 0 Å². The summed E-state index contributed by atoms with van der Waals surface area (Å²) in [4.78, 5) is 2.45. The molecule has 0 radical (unpaired) electrons. The number of hydrogen-bond donors (Lipinski definition) is 0. The molecule has 10 aromatic carbocycles. The third-order valence-electron chi connectivity index (χ3n) is 11.8. The minimum atomic E-state index is 1.09. The van der Waals surface area contributed by atoms with E-state index in [0.29, 0.717) is 0 Å². The lowest BCUT2D eigenvalue weighted by molar-refractivity contribution is 1.28. The van der Waals surface area contributed by atoms with Crippen molar-refractivity contribution in [2.45, 2.75) is 0 Å². The van der Waals surface area contributed by atoms with Gasteiger partial charge < -0.3 is 4.90 Å². The van der Waals surface area contributed by atoms with Crippen molar-refractivity contribution in [3.8, 4) is 77.9 Å². The van der Waals surface area contributed by atoms with Crippen LogP contribution < -0.4 is 4.90 Å². The predicted octanol–water partition coefficient (Wildman–Crippen LogP) is 16.3. The van der Waals surface area contributed by atoms with Crippen LogP contribution in [0.5, 0.6) is 0 Å². The highest BCUT2D eigenvalue weighted by atomic mass is 15.1. The summed E-state index contributed by atoms with van der Waals surface area (Å²) in [6.07, 6.45) is 0. The lowest BCUT2D eigenvalue weighted by Gasteiger charge is -2.30. The summed E-state index contributed by atoms with van der Waals surface area (Å²) in [5, 5.41) is 2.49. The third-order valence-corrected chi connectivity index (χ3v) is 11.8. The van der Waals surface area contributed by atoms with Gasteiger partial charge in [0.1, 0.15) is 0 Å². The van der Waals surface area contributed by atoms with Crippen LogP contribution >= 0.6 is 0 Å². The van der Waals surface area contributed by atoms with Gasteiger partial charge in [0.15, 0.2) is 0 Å². The highest BCUT2D eigenvalue weighted by Gasteiger charge is 2.24. The molecule has 0 aromatic heterocycles. The molecule has 0 saturated carbocycles. The van der Waals surface area contributed by atoms with Crippen LogP contribution in [0.1, 0.15) is 0 Å². The predicted molar refractivity (Wildman–Crippen MR) is 250 cm³/mol. The van der Waals surface area contributed by atoms with Gasteiger partial charge in [0.2, 0.25) is 0 Å². The summed E-state index contributed by atoms with van der Waals surface area (Å²) >= 11 is 0. The van der Waals surface area contributed by atoms with Gasteiger partial charge >= 0.3 is 0 Å². The monoisotopic (exact) mass is 749 g/mol. The summed E-state index contributed by atoms with van der Waals surface area (Å²) in [5.41, 5.74) is 20.3. The molecule has 0 heterocycles. The summed E-state index contributed by atoms with van der Waals surface area (Å²) in [5.74, 6) is 0. The van der Waals surface area contributed by atoms with E-state index >= 15 is 0 Å². The molecule has 11 rings (SSSR count). The second kappa shape index (κ2) is 14.6. The van der Waals surface area contributed by atoms with Gasteiger partial charge in [-0.3, -0.25) is 0 Å². The number of nitrogens with zero attached hydrogens (tertiary/aromatic N) is 1. The zero-order valence-corrected chi connectivity index (χ0v) is 32.5. The second-order valence-electron chi connectivity index (χ2n) is 15.3.